The molecule has 6 heteroatoms. The number of hydrogen-bond acceptors (Lipinski definition) is 4. The highest BCUT2D eigenvalue weighted by atomic mass is 16.5. The summed E-state index contributed by atoms with van der Waals surface area (Å²) >= 11 is 0. The second-order valence-corrected chi connectivity index (χ2v) is 8.23. The van der Waals surface area contributed by atoms with Crippen LogP contribution in [-0.2, 0) is 19.5 Å². The molecule has 4 aromatic rings. The standard InChI is InChI=1S/C27H30N4O2/c1-5-24-26(29(2)17-21-11-14-23(33-4)15-12-21)31-19-22(13-16-25(31)28-24)27(32)30(3)18-20-9-7-6-8-10-20/h6-16,19H,5,17-18H2,1-4H3. The van der Waals surface area contributed by atoms with Crippen LogP contribution in [0.4, 0.5) is 5.82 Å². The summed E-state index contributed by atoms with van der Waals surface area (Å²) in [5, 5.41) is 0. The molecule has 0 unspecified atom stereocenters. The molecule has 0 aliphatic rings. The molecule has 2 heterocycles. The van der Waals surface area contributed by atoms with Crippen LogP contribution in [0.1, 0.15) is 34.1 Å². The van der Waals surface area contributed by atoms with Crippen molar-refractivity contribution in [2.45, 2.75) is 26.4 Å². The molecule has 33 heavy (non-hydrogen) atoms. The molecule has 0 N–H and O–H groups in total. The molecule has 0 saturated carbocycles. The molecular weight excluding hydrogens is 412 g/mol. The molecule has 0 aliphatic carbocycles. The molecule has 2 aromatic heterocycles. The smallest absolute Gasteiger partial charge is 0.255 e. The molecule has 1 amide bonds. The van der Waals surface area contributed by atoms with Crippen molar-refractivity contribution in [1.29, 1.82) is 0 Å². The molecule has 0 spiro atoms. The SMILES string of the molecule is CCc1nc2ccc(C(=O)N(C)Cc3ccccc3)cn2c1N(C)Cc1ccc(OC)cc1. The highest BCUT2D eigenvalue weighted by Crippen LogP contribution is 2.25. The van der Waals surface area contributed by atoms with Gasteiger partial charge in [0, 0.05) is 33.4 Å². The first kappa shape index (κ1) is 22.4. The number of aryl methyl sites for hydroxylation is 1. The number of benzene rings is 2. The summed E-state index contributed by atoms with van der Waals surface area (Å²) in [7, 11) is 5.56. The van der Waals surface area contributed by atoms with Crippen LogP contribution in [-0.4, -0.2) is 41.4 Å². The predicted molar refractivity (Wildman–Crippen MR) is 132 cm³/mol. The first-order valence-corrected chi connectivity index (χ1v) is 11.1. The monoisotopic (exact) mass is 442 g/mol. The molecule has 0 fully saturated rings. The van der Waals surface area contributed by atoms with Crippen molar-refractivity contribution in [2.24, 2.45) is 0 Å². The Morgan fingerprint density at radius 2 is 1.64 bits per heavy atom. The molecule has 0 radical (unpaired) electrons. The number of anilines is 1. The van der Waals surface area contributed by atoms with E-state index in [0.717, 1.165) is 41.4 Å². The third-order valence-corrected chi connectivity index (χ3v) is 5.79. The van der Waals surface area contributed by atoms with Crippen LogP contribution in [0.5, 0.6) is 5.75 Å². The maximum absolute atomic E-state index is 13.2. The molecule has 170 valence electrons. The lowest BCUT2D eigenvalue weighted by atomic mass is 10.2. The quantitative estimate of drug-likeness (QED) is 0.393. The van der Waals surface area contributed by atoms with Crippen LogP contribution in [0, 0.1) is 0 Å². The summed E-state index contributed by atoms with van der Waals surface area (Å²) in [6, 6.07) is 21.9. The Morgan fingerprint density at radius 1 is 0.939 bits per heavy atom. The van der Waals surface area contributed by atoms with Crippen molar-refractivity contribution in [3.05, 3.63) is 95.3 Å². The van der Waals surface area contributed by atoms with Crippen LogP contribution in [0.2, 0.25) is 0 Å². The summed E-state index contributed by atoms with van der Waals surface area (Å²) in [6.45, 7) is 3.38. The number of carbonyl (C=O) groups is 1. The second kappa shape index (κ2) is 9.77. The van der Waals surface area contributed by atoms with E-state index in [2.05, 4.69) is 31.0 Å². The van der Waals surface area contributed by atoms with Crippen LogP contribution in [0.3, 0.4) is 0 Å². The zero-order valence-electron chi connectivity index (χ0n) is 19.7. The Bertz CT molecular complexity index is 1230. The van der Waals surface area contributed by atoms with E-state index in [1.807, 2.05) is 72.2 Å². The average molecular weight is 443 g/mol. The summed E-state index contributed by atoms with van der Waals surface area (Å²) in [5.41, 5.74) is 4.76. The summed E-state index contributed by atoms with van der Waals surface area (Å²) in [4.78, 5) is 21.9. The number of fused-ring (bicyclic) bond motifs is 1. The van der Waals surface area contributed by atoms with Crippen LogP contribution < -0.4 is 9.64 Å². The second-order valence-electron chi connectivity index (χ2n) is 8.23. The van der Waals surface area contributed by atoms with Gasteiger partial charge in [-0.15, -0.1) is 0 Å². The number of nitrogens with zero attached hydrogens (tertiary/aromatic N) is 4. The van der Waals surface area contributed by atoms with Gasteiger partial charge in [0.25, 0.3) is 5.91 Å². The number of amides is 1. The molecule has 0 atom stereocenters. The number of pyridine rings is 1. The van der Waals surface area contributed by atoms with E-state index in [4.69, 9.17) is 9.72 Å². The van der Waals surface area contributed by atoms with Gasteiger partial charge >= 0.3 is 0 Å². The number of imidazole rings is 1. The van der Waals surface area contributed by atoms with Crippen molar-refractivity contribution in [2.75, 3.05) is 26.1 Å². The molecule has 0 aliphatic heterocycles. The lowest BCUT2D eigenvalue weighted by Crippen LogP contribution is -2.26. The van der Waals surface area contributed by atoms with Gasteiger partial charge in [0.1, 0.15) is 17.2 Å². The maximum Gasteiger partial charge on any atom is 0.255 e. The van der Waals surface area contributed by atoms with Gasteiger partial charge in [-0.1, -0.05) is 49.4 Å². The topological polar surface area (TPSA) is 50.1 Å². The lowest BCUT2D eigenvalue weighted by Gasteiger charge is -2.21. The molecule has 0 saturated heterocycles. The van der Waals surface area contributed by atoms with Gasteiger partial charge in [0.2, 0.25) is 0 Å². The van der Waals surface area contributed by atoms with Crippen LogP contribution in [0.25, 0.3) is 5.65 Å². The van der Waals surface area contributed by atoms with Gasteiger partial charge in [-0.2, -0.15) is 0 Å². The van der Waals surface area contributed by atoms with E-state index >= 15 is 0 Å². The minimum absolute atomic E-state index is 0.0174. The van der Waals surface area contributed by atoms with Crippen LogP contribution in [0.15, 0.2) is 72.9 Å². The van der Waals surface area contributed by atoms with Crippen molar-refractivity contribution in [3.63, 3.8) is 0 Å². The van der Waals surface area contributed by atoms with E-state index in [1.165, 1.54) is 5.56 Å². The third kappa shape index (κ3) is 4.85. The fourth-order valence-electron chi connectivity index (χ4n) is 4.08. The fraction of sp³-hybridized carbons (Fsp3) is 0.259. The van der Waals surface area contributed by atoms with Gasteiger partial charge in [0.15, 0.2) is 0 Å². The van der Waals surface area contributed by atoms with Gasteiger partial charge in [-0.05, 0) is 41.8 Å². The normalized spacial score (nSPS) is 10.9. The van der Waals surface area contributed by atoms with E-state index in [1.54, 1.807) is 12.0 Å². The Balaban J connectivity index is 1.62. The predicted octanol–water partition coefficient (Wildman–Crippen LogP) is 4.81. The first-order valence-electron chi connectivity index (χ1n) is 11.1. The number of carbonyl (C=O) groups excluding carboxylic acids is 1. The van der Waals surface area contributed by atoms with Crippen molar-refractivity contribution < 1.29 is 9.53 Å². The molecule has 6 nitrogen and oxygen atoms in total. The van der Waals surface area contributed by atoms with E-state index in [9.17, 15) is 4.79 Å². The number of methoxy groups -OCH3 is 1. The Hall–Kier alpha value is -3.80. The fourth-order valence-corrected chi connectivity index (χ4v) is 4.08. The van der Waals surface area contributed by atoms with Gasteiger partial charge in [0.05, 0.1) is 18.4 Å². The van der Waals surface area contributed by atoms with Crippen LogP contribution >= 0.6 is 0 Å². The highest BCUT2D eigenvalue weighted by Gasteiger charge is 2.18. The Labute approximate surface area is 195 Å². The minimum Gasteiger partial charge on any atom is -0.497 e. The first-order chi connectivity index (χ1) is 16.0. The molecular formula is C27H30N4O2. The lowest BCUT2D eigenvalue weighted by molar-refractivity contribution is 0.0784. The van der Waals surface area contributed by atoms with Crippen molar-refractivity contribution >= 4 is 17.4 Å². The maximum atomic E-state index is 13.2. The number of aromatic nitrogens is 2. The van der Waals surface area contributed by atoms with Crippen molar-refractivity contribution in [1.82, 2.24) is 14.3 Å². The van der Waals surface area contributed by atoms with Gasteiger partial charge in [-0.25, -0.2) is 4.98 Å². The summed E-state index contributed by atoms with van der Waals surface area (Å²) < 4.78 is 7.30. The third-order valence-electron chi connectivity index (χ3n) is 5.79. The van der Waals surface area contributed by atoms with E-state index < -0.39 is 0 Å². The Morgan fingerprint density at radius 3 is 2.30 bits per heavy atom. The largest absolute Gasteiger partial charge is 0.497 e. The summed E-state index contributed by atoms with van der Waals surface area (Å²) in [6.07, 6.45) is 2.71. The summed E-state index contributed by atoms with van der Waals surface area (Å²) in [5.74, 6) is 1.83. The number of rotatable bonds is 8. The number of ether oxygens (including phenoxy) is 1. The van der Waals surface area contributed by atoms with Crippen molar-refractivity contribution in [3.8, 4) is 5.75 Å². The van der Waals surface area contributed by atoms with Gasteiger partial charge in [-0.3, -0.25) is 9.20 Å². The molecule has 2 aromatic carbocycles. The number of hydrogen-bond donors (Lipinski definition) is 0. The highest BCUT2D eigenvalue weighted by molar-refractivity contribution is 5.94. The average Bonchev–Trinajstić information content (AvgIpc) is 3.22. The van der Waals surface area contributed by atoms with E-state index in [-0.39, 0.29) is 5.91 Å². The van der Waals surface area contributed by atoms with Gasteiger partial charge < -0.3 is 14.5 Å². The minimum atomic E-state index is -0.0174. The Kier molecular flexibility index (Phi) is 6.63. The zero-order valence-corrected chi connectivity index (χ0v) is 19.7. The van der Waals surface area contributed by atoms with E-state index in [0.29, 0.717) is 12.1 Å². The zero-order chi connectivity index (χ0) is 23.4. The molecule has 4 rings (SSSR count). The molecule has 0 bridgehead atoms.